The van der Waals surface area contributed by atoms with Gasteiger partial charge in [0.05, 0.1) is 12.5 Å². The molecule has 1 aliphatic carbocycles. The average Bonchev–Trinajstić information content (AvgIpc) is 3.15. The van der Waals surface area contributed by atoms with Crippen molar-refractivity contribution in [3.63, 3.8) is 0 Å². The second-order valence-electron chi connectivity index (χ2n) is 7.58. The van der Waals surface area contributed by atoms with Gasteiger partial charge in [-0.15, -0.1) is 0 Å². The van der Waals surface area contributed by atoms with Gasteiger partial charge >= 0.3 is 5.97 Å². The first-order valence-corrected chi connectivity index (χ1v) is 8.06. The number of methoxy groups -OCH3 is 1. The van der Waals surface area contributed by atoms with Gasteiger partial charge in [0, 0.05) is 18.7 Å². The van der Waals surface area contributed by atoms with E-state index >= 15 is 0 Å². The molecule has 7 heteroatoms. The predicted octanol–water partition coefficient (Wildman–Crippen LogP) is 1.62. The maximum absolute atomic E-state index is 12.9. The van der Waals surface area contributed by atoms with E-state index in [0.717, 1.165) is 11.9 Å². The molecule has 0 unspecified atom stereocenters. The van der Waals surface area contributed by atoms with Crippen molar-refractivity contribution in [1.29, 1.82) is 0 Å². The molecule has 2 fully saturated rings. The Kier molecular flexibility index (Phi) is 3.01. The van der Waals surface area contributed by atoms with Crippen molar-refractivity contribution in [1.82, 2.24) is 20.3 Å². The molecule has 2 atom stereocenters. The topological polar surface area (TPSA) is 88.2 Å². The van der Waals surface area contributed by atoms with Crippen LogP contribution in [0, 0.1) is 16.7 Å². The van der Waals surface area contributed by atoms with E-state index < -0.39 is 5.41 Å². The number of aromatic nitrogens is 3. The summed E-state index contributed by atoms with van der Waals surface area (Å²) in [4.78, 5) is 27.0. The third-order valence-corrected chi connectivity index (χ3v) is 5.70. The van der Waals surface area contributed by atoms with E-state index in [1.807, 2.05) is 0 Å². The number of H-pyrrole nitrogens is 1. The molecule has 7 nitrogen and oxygen atoms in total. The minimum Gasteiger partial charge on any atom is -0.469 e. The van der Waals surface area contributed by atoms with Crippen LogP contribution < -0.4 is 0 Å². The number of carbonyl (C=O) groups is 2. The number of hydrogen-bond donors (Lipinski definition) is 1. The molecule has 126 valence electrons. The Morgan fingerprint density at radius 3 is 2.75 bits per heavy atom. The van der Waals surface area contributed by atoms with Gasteiger partial charge in [-0.3, -0.25) is 9.59 Å². The van der Waals surface area contributed by atoms with Crippen LogP contribution in [0.5, 0.6) is 0 Å². The summed E-state index contributed by atoms with van der Waals surface area (Å²) in [5.41, 5.74) is 1.44. The number of hydrogen-bond acceptors (Lipinski definition) is 5. The molecule has 1 saturated heterocycles. The van der Waals surface area contributed by atoms with Crippen LogP contribution in [0.3, 0.4) is 0 Å². The van der Waals surface area contributed by atoms with Crippen LogP contribution >= 0.6 is 0 Å². The smallest absolute Gasteiger partial charge is 0.314 e. The van der Waals surface area contributed by atoms with Gasteiger partial charge in [-0.1, -0.05) is 13.8 Å². The average molecular weight is 328 g/mol. The number of rotatable bonds is 2. The lowest BCUT2D eigenvalue weighted by atomic mass is 9.48. The molecule has 1 aromatic carbocycles. The first-order valence-electron chi connectivity index (χ1n) is 8.06. The highest BCUT2D eigenvalue weighted by molar-refractivity contribution is 5.98. The van der Waals surface area contributed by atoms with Crippen LogP contribution in [-0.4, -0.2) is 52.4 Å². The Morgan fingerprint density at radius 1 is 1.29 bits per heavy atom. The monoisotopic (exact) mass is 328 g/mol. The highest BCUT2D eigenvalue weighted by Crippen LogP contribution is 2.63. The SMILES string of the molecule is COC(=O)[C@@]12CN(C(=O)c3ccc4n[nH]nc4c3)C[C@@H]1C(C)(C)C2. The lowest BCUT2D eigenvalue weighted by Gasteiger charge is -2.54. The molecule has 2 aromatic rings. The molecule has 24 heavy (non-hydrogen) atoms. The van der Waals surface area contributed by atoms with Gasteiger partial charge in [-0.05, 0) is 36.0 Å². The third kappa shape index (κ3) is 1.90. The van der Waals surface area contributed by atoms with Crippen molar-refractivity contribution >= 4 is 22.9 Å². The summed E-state index contributed by atoms with van der Waals surface area (Å²) in [7, 11) is 1.42. The number of benzene rings is 1. The Balaban J connectivity index is 1.63. The van der Waals surface area contributed by atoms with Gasteiger partial charge in [0.15, 0.2) is 0 Å². The van der Waals surface area contributed by atoms with E-state index in [-0.39, 0.29) is 23.2 Å². The summed E-state index contributed by atoms with van der Waals surface area (Å²) in [6.07, 6.45) is 0.753. The largest absolute Gasteiger partial charge is 0.469 e. The summed E-state index contributed by atoms with van der Waals surface area (Å²) >= 11 is 0. The quantitative estimate of drug-likeness (QED) is 0.846. The van der Waals surface area contributed by atoms with E-state index in [4.69, 9.17) is 4.74 Å². The molecule has 1 aliphatic heterocycles. The molecule has 0 spiro atoms. The maximum atomic E-state index is 12.9. The van der Waals surface area contributed by atoms with Gasteiger partial charge in [-0.25, -0.2) is 0 Å². The minimum atomic E-state index is -0.550. The Morgan fingerprint density at radius 2 is 2.04 bits per heavy atom. The van der Waals surface area contributed by atoms with Gasteiger partial charge in [0.1, 0.15) is 11.0 Å². The first-order chi connectivity index (χ1) is 11.4. The van der Waals surface area contributed by atoms with E-state index in [1.54, 1.807) is 23.1 Å². The van der Waals surface area contributed by atoms with Crippen molar-refractivity contribution < 1.29 is 14.3 Å². The zero-order chi connectivity index (χ0) is 17.1. The molecule has 2 heterocycles. The Bertz CT molecular complexity index is 843. The lowest BCUT2D eigenvalue weighted by molar-refractivity contribution is -0.174. The molecule has 1 amide bonds. The maximum Gasteiger partial charge on any atom is 0.314 e. The van der Waals surface area contributed by atoms with E-state index in [2.05, 4.69) is 29.3 Å². The molecule has 2 aliphatic rings. The van der Waals surface area contributed by atoms with Crippen molar-refractivity contribution in [3.05, 3.63) is 23.8 Å². The summed E-state index contributed by atoms with van der Waals surface area (Å²) in [6.45, 7) is 5.30. The number of amides is 1. The normalized spacial score (nSPS) is 27.6. The Hall–Kier alpha value is -2.44. The summed E-state index contributed by atoms with van der Waals surface area (Å²) in [5.74, 6) is -0.139. The number of esters is 1. The van der Waals surface area contributed by atoms with Crippen LogP contribution in [-0.2, 0) is 9.53 Å². The summed E-state index contributed by atoms with van der Waals surface area (Å²) in [6, 6.07) is 5.26. The van der Waals surface area contributed by atoms with E-state index in [1.165, 1.54) is 7.11 Å². The fourth-order valence-corrected chi connectivity index (χ4v) is 4.68. The number of aromatic amines is 1. The second-order valence-corrected chi connectivity index (χ2v) is 7.58. The van der Waals surface area contributed by atoms with Gasteiger partial charge in [0.25, 0.3) is 5.91 Å². The van der Waals surface area contributed by atoms with Crippen LogP contribution in [0.25, 0.3) is 11.0 Å². The van der Waals surface area contributed by atoms with E-state index in [0.29, 0.717) is 24.2 Å². The number of nitrogens with zero attached hydrogens (tertiary/aromatic N) is 3. The molecule has 1 aromatic heterocycles. The highest BCUT2D eigenvalue weighted by atomic mass is 16.5. The molecule has 4 rings (SSSR count). The van der Waals surface area contributed by atoms with Crippen molar-refractivity contribution in [3.8, 4) is 0 Å². The summed E-state index contributed by atoms with van der Waals surface area (Å²) in [5, 5.41) is 10.6. The molecular formula is C17H20N4O3. The van der Waals surface area contributed by atoms with Gasteiger partial charge in [-0.2, -0.15) is 15.4 Å². The van der Waals surface area contributed by atoms with Crippen LogP contribution in [0.2, 0.25) is 0 Å². The van der Waals surface area contributed by atoms with Gasteiger partial charge < -0.3 is 9.64 Å². The Labute approximate surface area is 139 Å². The number of ether oxygens (including phenoxy) is 1. The second kappa shape index (κ2) is 4.78. The zero-order valence-corrected chi connectivity index (χ0v) is 14.0. The number of likely N-dealkylation sites (tertiary alicyclic amines) is 1. The zero-order valence-electron chi connectivity index (χ0n) is 14.0. The standard InChI is InChI=1S/C17H20N4O3/c1-16(2)8-17(15(23)24-3)9-21(7-13(16)17)14(22)10-4-5-11-12(6-10)19-20-18-11/h4-6,13H,7-9H2,1-3H3,(H,18,19,20)/t13-,17+/m1/s1. The molecule has 1 saturated carbocycles. The van der Waals surface area contributed by atoms with Crippen LogP contribution in [0.1, 0.15) is 30.6 Å². The molecule has 0 radical (unpaired) electrons. The summed E-state index contributed by atoms with van der Waals surface area (Å²) < 4.78 is 5.03. The fourth-order valence-electron chi connectivity index (χ4n) is 4.68. The highest BCUT2D eigenvalue weighted by Gasteiger charge is 2.68. The van der Waals surface area contributed by atoms with Gasteiger partial charge in [0.2, 0.25) is 0 Å². The molecule has 1 N–H and O–H groups in total. The number of nitrogens with one attached hydrogen (secondary N) is 1. The number of fused-ring (bicyclic) bond motifs is 2. The molecule has 0 bridgehead atoms. The minimum absolute atomic E-state index is 0.0410. The third-order valence-electron chi connectivity index (χ3n) is 5.70. The van der Waals surface area contributed by atoms with Crippen molar-refractivity contribution in [2.24, 2.45) is 16.7 Å². The fraction of sp³-hybridized carbons (Fsp3) is 0.529. The number of carbonyl (C=O) groups excluding carboxylic acids is 2. The first kappa shape index (κ1) is 15.1. The predicted molar refractivity (Wildman–Crippen MR) is 86.1 cm³/mol. The lowest BCUT2D eigenvalue weighted by Crippen LogP contribution is -2.57. The molecular weight excluding hydrogens is 308 g/mol. The van der Waals surface area contributed by atoms with Crippen molar-refractivity contribution in [2.75, 3.05) is 20.2 Å². The van der Waals surface area contributed by atoms with Crippen molar-refractivity contribution in [2.45, 2.75) is 20.3 Å². The van der Waals surface area contributed by atoms with Crippen LogP contribution in [0.15, 0.2) is 18.2 Å². The van der Waals surface area contributed by atoms with Crippen LogP contribution in [0.4, 0.5) is 0 Å². The van der Waals surface area contributed by atoms with E-state index in [9.17, 15) is 9.59 Å².